The molecule has 1 aliphatic rings. The lowest BCUT2D eigenvalue weighted by molar-refractivity contribution is -0.132. The number of amides is 1. The number of benzene rings is 1. The maximum atomic E-state index is 12.0. The van der Waals surface area contributed by atoms with Gasteiger partial charge in [0.15, 0.2) is 0 Å². The highest BCUT2D eigenvalue weighted by molar-refractivity contribution is 7.18. The molecule has 1 aromatic carbocycles. The maximum absolute atomic E-state index is 12.0. The third-order valence-corrected chi connectivity index (χ3v) is 5.20. The van der Waals surface area contributed by atoms with Crippen LogP contribution in [0.3, 0.4) is 0 Å². The molecule has 0 aliphatic carbocycles. The molecule has 1 atom stereocenters. The molecule has 0 saturated carbocycles. The van der Waals surface area contributed by atoms with Crippen molar-refractivity contribution in [1.82, 2.24) is 9.88 Å². The minimum atomic E-state index is -0.0560. The molecule has 1 saturated heterocycles. The Labute approximate surface area is 129 Å². The number of piperidine rings is 1. The fourth-order valence-electron chi connectivity index (χ4n) is 2.85. The smallest absolute Gasteiger partial charge is 0.224 e. The van der Waals surface area contributed by atoms with E-state index in [1.807, 2.05) is 17.9 Å². The molecular weight excluding hydrogens is 282 g/mol. The first kappa shape index (κ1) is 14.5. The zero-order valence-corrected chi connectivity index (χ0v) is 13.1. The lowest BCUT2D eigenvalue weighted by Crippen LogP contribution is -2.40. The highest BCUT2D eigenvalue weighted by atomic mass is 32.1. The van der Waals surface area contributed by atoms with Crippen molar-refractivity contribution in [3.63, 3.8) is 0 Å². The second-order valence-electron chi connectivity index (χ2n) is 5.86. The summed E-state index contributed by atoms with van der Waals surface area (Å²) in [5.74, 6) is 0.675. The van der Waals surface area contributed by atoms with Gasteiger partial charge in [-0.05, 0) is 31.9 Å². The highest BCUT2D eigenvalue weighted by Gasteiger charge is 2.26. The van der Waals surface area contributed by atoms with Crippen molar-refractivity contribution in [3.05, 3.63) is 29.3 Å². The summed E-state index contributed by atoms with van der Waals surface area (Å²) in [6.07, 6.45) is 2.46. The van der Waals surface area contributed by atoms with E-state index < -0.39 is 0 Å². The summed E-state index contributed by atoms with van der Waals surface area (Å²) in [6.45, 7) is 3.53. The predicted molar refractivity (Wildman–Crippen MR) is 86.4 cm³/mol. The number of para-hydroxylation sites is 1. The molecule has 21 heavy (non-hydrogen) atoms. The van der Waals surface area contributed by atoms with Gasteiger partial charge in [0, 0.05) is 31.5 Å². The molecule has 4 nitrogen and oxygen atoms in total. The second-order valence-corrected chi connectivity index (χ2v) is 6.92. The van der Waals surface area contributed by atoms with Crippen molar-refractivity contribution in [1.29, 1.82) is 0 Å². The Kier molecular flexibility index (Phi) is 4.22. The number of likely N-dealkylation sites (tertiary alicyclic amines) is 1. The van der Waals surface area contributed by atoms with E-state index in [2.05, 4.69) is 18.2 Å². The van der Waals surface area contributed by atoms with E-state index >= 15 is 0 Å². The maximum Gasteiger partial charge on any atom is 0.224 e. The zero-order chi connectivity index (χ0) is 14.8. The molecule has 1 amide bonds. The molecule has 1 aromatic heterocycles. The van der Waals surface area contributed by atoms with Gasteiger partial charge < -0.3 is 10.6 Å². The fraction of sp³-hybridized carbons (Fsp3) is 0.500. The Hall–Kier alpha value is -1.46. The lowest BCUT2D eigenvalue weighted by Gasteiger charge is -2.31. The van der Waals surface area contributed by atoms with Crippen molar-refractivity contribution >= 4 is 27.5 Å². The van der Waals surface area contributed by atoms with Gasteiger partial charge in [0.2, 0.25) is 5.91 Å². The Morgan fingerprint density at radius 1 is 1.43 bits per heavy atom. The number of fused-ring (bicyclic) bond motifs is 1. The van der Waals surface area contributed by atoms with E-state index in [1.165, 1.54) is 9.71 Å². The summed E-state index contributed by atoms with van der Waals surface area (Å²) >= 11 is 1.79. The summed E-state index contributed by atoms with van der Waals surface area (Å²) in [5.41, 5.74) is 6.80. The van der Waals surface area contributed by atoms with Crippen LogP contribution < -0.4 is 5.73 Å². The van der Waals surface area contributed by atoms with Crippen LogP contribution in [-0.2, 0) is 4.79 Å². The van der Waals surface area contributed by atoms with Crippen LogP contribution in [0.25, 0.3) is 10.2 Å². The molecule has 1 aliphatic heterocycles. The van der Waals surface area contributed by atoms with E-state index in [0.29, 0.717) is 12.3 Å². The lowest BCUT2D eigenvalue weighted by atomic mass is 9.97. The molecule has 3 rings (SSSR count). The molecule has 112 valence electrons. The summed E-state index contributed by atoms with van der Waals surface area (Å²) in [6, 6.07) is 8.22. The van der Waals surface area contributed by atoms with Gasteiger partial charge in [0.25, 0.3) is 0 Å². The summed E-state index contributed by atoms with van der Waals surface area (Å²) < 4.78 is 1.25. The number of nitrogens with zero attached hydrogens (tertiary/aromatic N) is 2. The van der Waals surface area contributed by atoms with Gasteiger partial charge in [-0.25, -0.2) is 4.98 Å². The molecule has 1 unspecified atom stereocenters. The first-order valence-electron chi connectivity index (χ1n) is 7.52. The van der Waals surface area contributed by atoms with Crippen molar-refractivity contribution in [2.75, 3.05) is 13.1 Å². The number of aromatic nitrogens is 1. The molecule has 5 heteroatoms. The van der Waals surface area contributed by atoms with Crippen LogP contribution in [-0.4, -0.2) is 34.9 Å². The predicted octanol–water partition coefficient (Wildman–Crippen LogP) is 2.74. The van der Waals surface area contributed by atoms with Crippen LogP contribution in [0.2, 0.25) is 0 Å². The van der Waals surface area contributed by atoms with Crippen LogP contribution in [0.5, 0.6) is 0 Å². The number of rotatable bonds is 3. The first-order chi connectivity index (χ1) is 10.1. The van der Waals surface area contributed by atoms with Gasteiger partial charge >= 0.3 is 0 Å². The van der Waals surface area contributed by atoms with Crippen LogP contribution in [0.15, 0.2) is 24.3 Å². The van der Waals surface area contributed by atoms with Gasteiger partial charge in [0.05, 0.1) is 15.2 Å². The molecule has 2 aromatic rings. The molecule has 0 bridgehead atoms. The minimum absolute atomic E-state index is 0.0560. The molecular formula is C16H21N3OS. The monoisotopic (exact) mass is 303 g/mol. The van der Waals surface area contributed by atoms with E-state index in [9.17, 15) is 4.79 Å². The van der Waals surface area contributed by atoms with E-state index in [0.717, 1.165) is 31.4 Å². The summed E-state index contributed by atoms with van der Waals surface area (Å²) in [7, 11) is 0. The Morgan fingerprint density at radius 3 is 2.81 bits per heavy atom. The van der Waals surface area contributed by atoms with Crippen molar-refractivity contribution < 1.29 is 4.79 Å². The normalized spacial score (nSPS) is 18.1. The quantitative estimate of drug-likeness (QED) is 0.948. The van der Waals surface area contributed by atoms with E-state index in [-0.39, 0.29) is 11.9 Å². The average molecular weight is 303 g/mol. The third-order valence-electron chi connectivity index (χ3n) is 4.00. The molecule has 0 spiro atoms. The first-order valence-corrected chi connectivity index (χ1v) is 8.34. The van der Waals surface area contributed by atoms with Crippen LogP contribution in [0.4, 0.5) is 0 Å². The number of hydrogen-bond acceptors (Lipinski definition) is 4. The Bertz CT molecular complexity index is 596. The standard InChI is InChI=1S/C16H21N3OS/c1-11(17)10-15(20)19-8-6-12(7-9-19)16-18-13-4-2-3-5-14(13)21-16/h2-5,11-12H,6-10,17H2,1H3. The van der Waals surface area contributed by atoms with E-state index in [1.54, 1.807) is 11.3 Å². The van der Waals surface area contributed by atoms with Crippen molar-refractivity contribution in [2.24, 2.45) is 5.73 Å². The molecule has 0 radical (unpaired) electrons. The van der Waals surface area contributed by atoms with Crippen LogP contribution in [0, 0.1) is 0 Å². The largest absolute Gasteiger partial charge is 0.343 e. The number of nitrogens with two attached hydrogens (primary N) is 1. The average Bonchev–Trinajstić information content (AvgIpc) is 2.90. The fourth-order valence-corrected chi connectivity index (χ4v) is 3.98. The second kappa shape index (κ2) is 6.12. The third kappa shape index (κ3) is 3.24. The van der Waals surface area contributed by atoms with Crippen molar-refractivity contribution in [3.8, 4) is 0 Å². The number of thiazole rings is 1. The van der Waals surface area contributed by atoms with Crippen molar-refractivity contribution in [2.45, 2.75) is 38.1 Å². The van der Waals surface area contributed by atoms with Gasteiger partial charge in [-0.3, -0.25) is 4.79 Å². The zero-order valence-electron chi connectivity index (χ0n) is 12.3. The van der Waals surface area contributed by atoms with Gasteiger partial charge in [-0.1, -0.05) is 12.1 Å². The number of hydrogen-bond donors (Lipinski definition) is 1. The van der Waals surface area contributed by atoms with Crippen LogP contribution in [0.1, 0.15) is 37.1 Å². The minimum Gasteiger partial charge on any atom is -0.343 e. The van der Waals surface area contributed by atoms with Gasteiger partial charge in [0.1, 0.15) is 0 Å². The SMILES string of the molecule is CC(N)CC(=O)N1CCC(c2nc3ccccc3s2)CC1. The topological polar surface area (TPSA) is 59.2 Å². The molecule has 1 fully saturated rings. The Balaban J connectivity index is 1.64. The molecule has 2 heterocycles. The number of carbonyl (C=O) groups is 1. The summed E-state index contributed by atoms with van der Waals surface area (Å²) in [5, 5.41) is 1.22. The van der Waals surface area contributed by atoms with Crippen LogP contribution >= 0.6 is 11.3 Å². The Morgan fingerprint density at radius 2 is 2.14 bits per heavy atom. The highest BCUT2D eigenvalue weighted by Crippen LogP contribution is 2.33. The van der Waals surface area contributed by atoms with E-state index in [4.69, 9.17) is 10.7 Å². The molecule has 2 N–H and O–H groups in total. The van der Waals surface area contributed by atoms with Gasteiger partial charge in [-0.15, -0.1) is 11.3 Å². The summed E-state index contributed by atoms with van der Waals surface area (Å²) in [4.78, 5) is 18.7. The van der Waals surface area contributed by atoms with Gasteiger partial charge in [-0.2, -0.15) is 0 Å². The number of carbonyl (C=O) groups excluding carboxylic acids is 1.